The van der Waals surface area contributed by atoms with Crippen molar-refractivity contribution in [3.05, 3.63) is 70.8 Å². The summed E-state index contributed by atoms with van der Waals surface area (Å²) >= 11 is 0. The first-order chi connectivity index (χ1) is 16.5. The van der Waals surface area contributed by atoms with Crippen LogP contribution in [0, 0.1) is 12.3 Å². The molecule has 1 N–H and O–H groups in total. The number of carbonyl (C=O) groups is 1. The van der Waals surface area contributed by atoms with Gasteiger partial charge in [-0.15, -0.1) is 6.42 Å². The molecule has 0 bridgehead atoms. The summed E-state index contributed by atoms with van der Waals surface area (Å²) < 4.78 is 45.5. The van der Waals surface area contributed by atoms with Crippen LogP contribution in [0.3, 0.4) is 0 Å². The molecule has 186 valence electrons. The van der Waals surface area contributed by atoms with Crippen LogP contribution in [-0.2, 0) is 15.9 Å². The fourth-order valence-corrected chi connectivity index (χ4v) is 5.06. The molecule has 2 fully saturated rings. The highest BCUT2D eigenvalue weighted by atomic mass is 19.4. The number of terminal acetylenes is 1. The second kappa shape index (κ2) is 9.33. The van der Waals surface area contributed by atoms with Gasteiger partial charge in [0.2, 0.25) is 0 Å². The van der Waals surface area contributed by atoms with Crippen LogP contribution in [0.15, 0.2) is 48.5 Å². The lowest BCUT2D eigenvalue weighted by molar-refractivity contribution is -0.258. The minimum absolute atomic E-state index is 0.0289. The zero-order chi connectivity index (χ0) is 25.4. The lowest BCUT2D eigenvalue weighted by atomic mass is 9.76. The molecule has 4 nitrogen and oxygen atoms in total. The number of alkyl halides is 3. The van der Waals surface area contributed by atoms with Gasteiger partial charge in [0.25, 0.3) is 5.91 Å². The van der Waals surface area contributed by atoms with Crippen molar-refractivity contribution in [2.45, 2.75) is 74.9 Å². The first kappa shape index (κ1) is 25.3. The Morgan fingerprint density at radius 2 is 1.57 bits per heavy atom. The molecule has 2 aliphatic rings. The van der Waals surface area contributed by atoms with Crippen molar-refractivity contribution in [3.8, 4) is 12.3 Å². The molecule has 0 radical (unpaired) electrons. The number of halogens is 3. The monoisotopic (exact) mass is 485 g/mol. The summed E-state index contributed by atoms with van der Waals surface area (Å²) in [4.78, 5) is 15.4. The van der Waals surface area contributed by atoms with Crippen molar-refractivity contribution in [2.75, 3.05) is 7.11 Å². The van der Waals surface area contributed by atoms with Gasteiger partial charge in [0, 0.05) is 30.3 Å². The number of rotatable bonds is 6. The Bertz CT molecular complexity index is 1090. The third kappa shape index (κ3) is 4.82. The molecule has 35 heavy (non-hydrogen) atoms. The molecule has 0 unspecified atom stereocenters. The average molecular weight is 486 g/mol. The van der Waals surface area contributed by atoms with Gasteiger partial charge >= 0.3 is 6.18 Å². The van der Waals surface area contributed by atoms with E-state index in [1.165, 1.54) is 24.3 Å². The fourth-order valence-electron chi connectivity index (χ4n) is 5.06. The SMILES string of the molecule is C#Cc1ccc(C2(OC)CCC(N(C(=O)c3ccc([C@](C)(O)C(F)(F)F)cc3)C3CC3)CC2)cc1. The molecule has 2 aliphatic carbocycles. The van der Waals surface area contributed by atoms with Gasteiger partial charge in [-0.25, -0.2) is 0 Å². The average Bonchev–Trinajstić information content (AvgIpc) is 3.69. The van der Waals surface area contributed by atoms with Crippen molar-refractivity contribution in [1.82, 2.24) is 4.90 Å². The van der Waals surface area contributed by atoms with E-state index < -0.39 is 17.4 Å². The van der Waals surface area contributed by atoms with E-state index in [-0.39, 0.29) is 23.6 Å². The lowest BCUT2D eigenvalue weighted by Gasteiger charge is -2.43. The predicted octanol–water partition coefficient (Wildman–Crippen LogP) is 5.53. The second-order valence-corrected chi connectivity index (χ2v) is 9.74. The zero-order valence-electron chi connectivity index (χ0n) is 19.9. The normalized spacial score (nSPS) is 24.3. The topological polar surface area (TPSA) is 49.8 Å². The van der Waals surface area contributed by atoms with Gasteiger partial charge in [-0.3, -0.25) is 4.79 Å². The number of hydrogen-bond acceptors (Lipinski definition) is 3. The predicted molar refractivity (Wildman–Crippen MR) is 127 cm³/mol. The molecular weight excluding hydrogens is 455 g/mol. The van der Waals surface area contributed by atoms with Gasteiger partial charge in [0.05, 0.1) is 5.60 Å². The number of amides is 1. The summed E-state index contributed by atoms with van der Waals surface area (Å²) in [7, 11) is 1.71. The molecule has 1 atom stereocenters. The molecule has 2 aromatic rings. The van der Waals surface area contributed by atoms with E-state index in [0.717, 1.165) is 49.7 Å². The lowest BCUT2D eigenvalue weighted by Crippen LogP contribution is -2.47. The first-order valence-corrected chi connectivity index (χ1v) is 11.9. The molecule has 4 rings (SSSR count). The molecule has 0 saturated heterocycles. The largest absolute Gasteiger partial charge is 0.421 e. The fraction of sp³-hybridized carbons (Fsp3) is 0.464. The maximum Gasteiger partial charge on any atom is 0.421 e. The number of benzene rings is 2. The molecule has 1 amide bonds. The van der Waals surface area contributed by atoms with Crippen molar-refractivity contribution in [1.29, 1.82) is 0 Å². The van der Waals surface area contributed by atoms with E-state index in [1.54, 1.807) is 7.11 Å². The first-order valence-electron chi connectivity index (χ1n) is 11.9. The Hall–Kier alpha value is -2.82. The molecule has 0 heterocycles. The van der Waals surface area contributed by atoms with Crippen LogP contribution in [0.2, 0.25) is 0 Å². The molecule has 0 aliphatic heterocycles. The molecule has 0 spiro atoms. The number of ether oxygens (including phenoxy) is 1. The number of methoxy groups -OCH3 is 1. The summed E-state index contributed by atoms with van der Waals surface area (Å²) in [6.45, 7) is 0.713. The van der Waals surface area contributed by atoms with Crippen LogP contribution in [0.4, 0.5) is 13.2 Å². The molecule has 7 heteroatoms. The Balaban J connectivity index is 1.50. The third-order valence-corrected chi connectivity index (χ3v) is 7.55. The molecule has 0 aromatic heterocycles. The van der Waals surface area contributed by atoms with Crippen LogP contribution in [-0.4, -0.2) is 41.3 Å². The van der Waals surface area contributed by atoms with Crippen LogP contribution < -0.4 is 0 Å². The number of aliphatic hydroxyl groups is 1. The van der Waals surface area contributed by atoms with Crippen molar-refractivity contribution < 1.29 is 27.8 Å². The maximum absolute atomic E-state index is 13.4. The van der Waals surface area contributed by atoms with Crippen molar-refractivity contribution in [3.63, 3.8) is 0 Å². The highest BCUT2D eigenvalue weighted by Gasteiger charge is 2.51. The molecule has 2 saturated carbocycles. The van der Waals surface area contributed by atoms with Crippen LogP contribution in [0.1, 0.15) is 72.5 Å². The summed E-state index contributed by atoms with van der Waals surface area (Å²) in [5.41, 5.74) is -1.51. The smallest absolute Gasteiger partial charge is 0.376 e. The van der Waals surface area contributed by atoms with Crippen LogP contribution in [0.25, 0.3) is 0 Å². The van der Waals surface area contributed by atoms with Gasteiger partial charge in [0.1, 0.15) is 0 Å². The minimum Gasteiger partial charge on any atom is -0.376 e. The standard InChI is InChI=1S/C28H30F3NO3/c1-4-19-5-9-22(10-6-19)27(35-3)17-15-24(16-18-27)32(23-13-14-23)25(33)20-7-11-21(12-8-20)26(2,34)28(29,30)31/h1,5-12,23-24,34H,13-18H2,2-3H3/t24?,26-,27?/m0/s1. The van der Waals surface area contributed by atoms with E-state index in [0.29, 0.717) is 12.5 Å². The van der Waals surface area contributed by atoms with Gasteiger partial charge in [-0.05, 0) is 80.8 Å². The summed E-state index contributed by atoms with van der Waals surface area (Å²) in [6, 6.07) is 13.1. The van der Waals surface area contributed by atoms with E-state index in [9.17, 15) is 23.1 Å². The van der Waals surface area contributed by atoms with E-state index in [1.807, 2.05) is 29.2 Å². The second-order valence-electron chi connectivity index (χ2n) is 9.74. The molecular formula is C28H30F3NO3. The minimum atomic E-state index is -4.81. The Labute approximate surface area is 204 Å². The Morgan fingerprint density at radius 3 is 2.03 bits per heavy atom. The maximum atomic E-state index is 13.4. The van der Waals surface area contributed by atoms with E-state index >= 15 is 0 Å². The van der Waals surface area contributed by atoms with E-state index in [4.69, 9.17) is 11.2 Å². The van der Waals surface area contributed by atoms with Gasteiger partial charge < -0.3 is 14.7 Å². The van der Waals surface area contributed by atoms with Crippen molar-refractivity contribution >= 4 is 5.91 Å². The summed E-state index contributed by atoms with van der Waals surface area (Å²) in [6.07, 6.45) is 5.51. The Morgan fingerprint density at radius 1 is 1.03 bits per heavy atom. The van der Waals surface area contributed by atoms with Crippen molar-refractivity contribution in [2.24, 2.45) is 0 Å². The van der Waals surface area contributed by atoms with E-state index in [2.05, 4.69) is 5.92 Å². The quantitative estimate of drug-likeness (QED) is 0.548. The third-order valence-electron chi connectivity index (χ3n) is 7.55. The molecule has 2 aromatic carbocycles. The summed E-state index contributed by atoms with van der Waals surface area (Å²) in [5.74, 6) is 2.44. The van der Waals surface area contributed by atoms with Gasteiger partial charge in [-0.1, -0.05) is 30.2 Å². The van der Waals surface area contributed by atoms with Crippen LogP contribution >= 0.6 is 0 Å². The van der Waals surface area contributed by atoms with Gasteiger partial charge in [-0.2, -0.15) is 13.2 Å². The van der Waals surface area contributed by atoms with Gasteiger partial charge in [0.15, 0.2) is 5.60 Å². The zero-order valence-corrected chi connectivity index (χ0v) is 19.9. The number of hydrogen-bond donors (Lipinski definition) is 1. The van der Waals surface area contributed by atoms with Crippen LogP contribution in [0.5, 0.6) is 0 Å². The Kier molecular flexibility index (Phi) is 6.74. The number of nitrogens with zero attached hydrogens (tertiary/aromatic N) is 1. The summed E-state index contributed by atoms with van der Waals surface area (Å²) in [5, 5.41) is 9.92. The highest BCUT2D eigenvalue weighted by Crippen LogP contribution is 2.44. The highest BCUT2D eigenvalue weighted by molar-refractivity contribution is 5.95. The number of carbonyl (C=O) groups excluding carboxylic acids is 1.